The van der Waals surface area contributed by atoms with E-state index in [0.717, 1.165) is 24.8 Å². The Balaban J connectivity index is 1.66. The van der Waals surface area contributed by atoms with Crippen LogP contribution in [-0.4, -0.2) is 36.1 Å². The van der Waals surface area contributed by atoms with Crippen molar-refractivity contribution in [2.45, 2.75) is 37.5 Å². The van der Waals surface area contributed by atoms with E-state index >= 15 is 0 Å². The SMILES string of the molecule is CN1N=C(C(=O)NCC2(c3ccc(F)cc3)CCC2)CCC1=O. The molecule has 23 heavy (non-hydrogen) atoms. The molecule has 0 unspecified atom stereocenters. The predicted octanol–water partition coefficient (Wildman–Crippen LogP) is 1.97. The molecule has 0 saturated heterocycles. The molecule has 1 aromatic carbocycles. The molecule has 1 saturated carbocycles. The number of amides is 2. The van der Waals surface area contributed by atoms with Crippen LogP contribution in [0.1, 0.15) is 37.7 Å². The molecule has 2 aliphatic rings. The number of halogens is 1. The van der Waals surface area contributed by atoms with Crippen LogP contribution in [0.2, 0.25) is 0 Å². The number of nitrogens with one attached hydrogen (secondary N) is 1. The highest BCUT2D eigenvalue weighted by molar-refractivity contribution is 6.39. The van der Waals surface area contributed by atoms with Crippen LogP contribution in [-0.2, 0) is 15.0 Å². The van der Waals surface area contributed by atoms with Gasteiger partial charge in [-0.25, -0.2) is 9.40 Å². The Kier molecular flexibility index (Phi) is 4.15. The van der Waals surface area contributed by atoms with Gasteiger partial charge in [0, 0.05) is 31.8 Å². The monoisotopic (exact) mass is 317 g/mol. The zero-order chi connectivity index (χ0) is 16.4. The molecule has 122 valence electrons. The summed E-state index contributed by atoms with van der Waals surface area (Å²) in [5.41, 5.74) is 1.34. The Morgan fingerprint density at radius 1 is 1.30 bits per heavy atom. The third-order valence-corrected chi connectivity index (χ3v) is 4.82. The first-order valence-corrected chi connectivity index (χ1v) is 7.88. The fourth-order valence-electron chi connectivity index (χ4n) is 3.16. The van der Waals surface area contributed by atoms with Gasteiger partial charge >= 0.3 is 0 Å². The number of carbonyl (C=O) groups is 2. The maximum absolute atomic E-state index is 13.1. The first kappa shape index (κ1) is 15.6. The van der Waals surface area contributed by atoms with Crippen LogP contribution >= 0.6 is 0 Å². The van der Waals surface area contributed by atoms with Crippen molar-refractivity contribution in [3.63, 3.8) is 0 Å². The van der Waals surface area contributed by atoms with E-state index in [4.69, 9.17) is 0 Å². The number of nitrogens with zero attached hydrogens (tertiary/aromatic N) is 2. The Labute approximate surface area is 134 Å². The summed E-state index contributed by atoms with van der Waals surface area (Å²) >= 11 is 0. The van der Waals surface area contributed by atoms with E-state index in [1.807, 2.05) is 0 Å². The summed E-state index contributed by atoms with van der Waals surface area (Å²) in [7, 11) is 1.56. The maximum atomic E-state index is 13.1. The van der Waals surface area contributed by atoms with Gasteiger partial charge in [-0.1, -0.05) is 18.6 Å². The van der Waals surface area contributed by atoms with Gasteiger partial charge in [0.05, 0.1) is 0 Å². The van der Waals surface area contributed by atoms with E-state index in [-0.39, 0.29) is 23.0 Å². The Morgan fingerprint density at radius 3 is 2.57 bits per heavy atom. The van der Waals surface area contributed by atoms with Gasteiger partial charge in [0.15, 0.2) is 0 Å². The molecule has 1 aliphatic heterocycles. The van der Waals surface area contributed by atoms with Gasteiger partial charge in [0.1, 0.15) is 11.5 Å². The summed E-state index contributed by atoms with van der Waals surface area (Å²) in [6, 6.07) is 6.52. The van der Waals surface area contributed by atoms with Crippen molar-refractivity contribution in [1.82, 2.24) is 10.3 Å². The smallest absolute Gasteiger partial charge is 0.267 e. The van der Waals surface area contributed by atoms with Gasteiger partial charge in [-0.2, -0.15) is 5.10 Å². The van der Waals surface area contributed by atoms with Crippen molar-refractivity contribution < 1.29 is 14.0 Å². The van der Waals surface area contributed by atoms with Gasteiger partial charge in [-0.3, -0.25) is 9.59 Å². The molecule has 0 radical (unpaired) electrons. The predicted molar refractivity (Wildman–Crippen MR) is 84.4 cm³/mol. The van der Waals surface area contributed by atoms with Crippen LogP contribution in [0.25, 0.3) is 0 Å². The molecule has 1 N–H and O–H groups in total. The normalized spacial score (nSPS) is 19.8. The summed E-state index contributed by atoms with van der Waals surface area (Å²) in [5, 5.41) is 8.19. The van der Waals surface area contributed by atoms with Crippen molar-refractivity contribution in [3.05, 3.63) is 35.6 Å². The third-order valence-electron chi connectivity index (χ3n) is 4.82. The van der Waals surface area contributed by atoms with Crippen LogP contribution in [0.15, 0.2) is 29.4 Å². The van der Waals surface area contributed by atoms with E-state index in [1.165, 1.54) is 17.1 Å². The van der Waals surface area contributed by atoms with Gasteiger partial charge < -0.3 is 5.32 Å². The lowest BCUT2D eigenvalue weighted by Gasteiger charge is -2.42. The number of carbonyl (C=O) groups excluding carboxylic acids is 2. The van der Waals surface area contributed by atoms with E-state index in [0.29, 0.717) is 25.1 Å². The molecule has 3 rings (SSSR count). The molecule has 5 nitrogen and oxygen atoms in total. The molecule has 1 aliphatic carbocycles. The molecule has 1 heterocycles. The van der Waals surface area contributed by atoms with Crippen LogP contribution in [0.4, 0.5) is 4.39 Å². The van der Waals surface area contributed by atoms with Crippen molar-refractivity contribution >= 4 is 17.5 Å². The van der Waals surface area contributed by atoms with E-state index in [2.05, 4.69) is 10.4 Å². The minimum atomic E-state index is -0.253. The molecule has 0 aromatic heterocycles. The van der Waals surface area contributed by atoms with Crippen molar-refractivity contribution in [2.24, 2.45) is 5.10 Å². The number of hydrogen-bond acceptors (Lipinski definition) is 3. The zero-order valence-electron chi connectivity index (χ0n) is 13.1. The lowest BCUT2D eigenvalue weighted by atomic mass is 9.64. The van der Waals surface area contributed by atoms with Crippen molar-refractivity contribution in [3.8, 4) is 0 Å². The van der Waals surface area contributed by atoms with Gasteiger partial charge in [-0.05, 0) is 30.5 Å². The standard InChI is InChI=1S/C17H20FN3O2/c1-21-15(22)8-7-14(20-21)16(23)19-11-17(9-2-10-17)12-3-5-13(18)6-4-12/h3-6H,2,7-11H2,1H3,(H,19,23). The second-order valence-electron chi connectivity index (χ2n) is 6.29. The summed E-state index contributed by atoms with van der Waals surface area (Å²) in [6.45, 7) is 0.508. The molecule has 0 atom stereocenters. The second kappa shape index (κ2) is 6.10. The van der Waals surface area contributed by atoms with Gasteiger partial charge in [0.25, 0.3) is 5.91 Å². The molecule has 1 fully saturated rings. The Morgan fingerprint density at radius 2 is 2.00 bits per heavy atom. The molecule has 1 aromatic rings. The summed E-state index contributed by atoms with van der Waals surface area (Å²) < 4.78 is 13.1. The first-order valence-electron chi connectivity index (χ1n) is 7.88. The van der Waals surface area contributed by atoms with E-state index in [9.17, 15) is 14.0 Å². The van der Waals surface area contributed by atoms with Crippen molar-refractivity contribution in [2.75, 3.05) is 13.6 Å². The molecular formula is C17H20FN3O2. The van der Waals surface area contributed by atoms with Gasteiger partial charge in [-0.15, -0.1) is 0 Å². The minimum Gasteiger partial charge on any atom is -0.350 e. The average molecular weight is 317 g/mol. The average Bonchev–Trinajstić information content (AvgIpc) is 2.50. The van der Waals surface area contributed by atoms with Crippen LogP contribution < -0.4 is 5.32 Å². The number of hydrogen-bond donors (Lipinski definition) is 1. The Bertz CT molecular complexity index is 650. The molecule has 2 amide bonds. The highest BCUT2D eigenvalue weighted by Gasteiger charge is 2.39. The first-order chi connectivity index (χ1) is 11.0. The number of benzene rings is 1. The second-order valence-corrected chi connectivity index (χ2v) is 6.29. The summed E-state index contributed by atoms with van der Waals surface area (Å²) in [4.78, 5) is 23.7. The van der Waals surface area contributed by atoms with E-state index < -0.39 is 0 Å². The fourth-order valence-corrected chi connectivity index (χ4v) is 3.16. The van der Waals surface area contributed by atoms with Crippen LogP contribution in [0.5, 0.6) is 0 Å². The van der Waals surface area contributed by atoms with E-state index in [1.54, 1.807) is 19.2 Å². The summed E-state index contributed by atoms with van der Waals surface area (Å²) in [5.74, 6) is -0.558. The third kappa shape index (κ3) is 3.11. The molecular weight excluding hydrogens is 297 g/mol. The van der Waals surface area contributed by atoms with Crippen molar-refractivity contribution in [1.29, 1.82) is 0 Å². The van der Waals surface area contributed by atoms with Gasteiger partial charge in [0.2, 0.25) is 5.91 Å². The lowest BCUT2D eigenvalue weighted by molar-refractivity contribution is -0.130. The minimum absolute atomic E-state index is 0.0803. The Hall–Kier alpha value is -2.24. The van der Waals surface area contributed by atoms with Crippen LogP contribution in [0, 0.1) is 5.82 Å². The number of rotatable bonds is 4. The highest BCUT2D eigenvalue weighted by Crippen LogP contribution is 2.43. The zero-order valence-corrected chi connectivity index (χ0v) is 13.1. The molecule has 0 bridgehead atoms. The fraction of sp³-hybridized carbons (Fsp3) is 0.471. The summed E-state index contributed by atoms with van der Waals surface area (Å²) in [6.07, 6.45) is 3.74. The molecule has 6 heteroatoms. The quantitative estimate of drug-likeness (QED) is 0.923. The van der Waals surface area contributed by atoms with Crippen LogP contribution in [0.3, 0.4) is 0 Å². The molecule has 0 spiro atoms. The lowest BCUT2D eigenvalue weighted by Crippen LogP contribution is -2.48. The maximum Gasteiger partial charge on any atom is 0.267 e. The highest BCUT2D eigenvalue weighted by atomic mass is 19.1. The largest absolute Gasteiger partial charge is 0.350 e. The topological polar surface area (TPSA) is 61.8 Å². The number of hydrazone groups is 1.